The summed E-state index contributed by atoms with van der Waals surface area (Å²) in [6, 6.07) is 26.8. The van der Waals surface area contributed by atoms with Crippen LogP contribution in [0.25, 0.3) is 0 Å². The van der Waals surface area contributed by atoms with Gasteiger partial charge in [-0.2, -0.15) is 0 Å². The lowest BCUT2D eigenvalue weighted by Gasteiger charge is -2.15. The van der Waals surface area contributed by atoms with Crippen LogP contribution in [0.4, 0.5) is 11.4 Å². The molecule has 4 rings (SSSR count). The van der Waals surface area contributed by atoms with E-state index >= 15 is 0 Å². The summed E-state index contributed by atoms with van der Waals surface area (Å²) in [6.45, 7) is 2.19. The summed E-state index contributed by atoms with van der Waals surface area (Å²) >= 11 is 0. The van der Waals surface area contributed by atoms with E-state index < -0.39 is 0 Å². The third kappa shape index (κ3) is 7.32. The summed E-state index contributed by atoms with van der Waals surface area (Å²) < 4.78 is 5.21. The van der Waals surface area contributed by atoms with Gasteiger partial charge in [0, 0.05) is 22.5 Å². The van der Waals surface area contributed by atoms with Gasteiger partial charge in [0.1, 0.15) is 5.76 Å². The van der Waals surface area contributed by atoms with Gasteiger partial charge in [0.05, 0.1) is 25.4 Å². The highest BCUT2D eigenvalue weighted by atomic mass is 16.3. The number of hydrogen-bond acceptors (Lipinski definition) is 5. The van der Waals surface area contributed by atoms with Crippen molar-refractivity contribution in [3.05, 3.63) is 120 Å². The third-order valence-electron chi connectivity index (χ3n) is 5.64. The van der Waals surface area contributed by atoms with Crippen molar-refractivity contribution in [2.75, 3.05) is 17.2 Å². The fourth-order valence-electron chi connectivity index (χ4n) is 3.68. The zero-order valence-electron chi connectivity index (χ0n) is 20.4. The molecule has 4 aromatic rings. The van der Waals surface area contributed by atoms with E-state index in [4.69, 9.17) is 4.42 Å². The standard InChI is InChI=1S/C29H28N4O4/c1-20(21-8-3-2-4-9-21)32-29(36)23-11-5-12-24(16-23)30-19-27(34)33-25-13-6-10-22(17-25)28(35)31-18-26-14-7-15-37-26/h2-17,20,30H,18-19H2,1H3,(H,31,35)(H,32,36)(H,33,34). The molecule has 8 heteroatoms. The Labute approximate surface area is 215 Å². The molecule has 1 atom stereocenters. The van der Waals surface area contributed by atoms with Crippen LogP contribution in [0.3, 0.4) is 0 Å². The van der Waals surface area contributed by atoms with Gasteiger partial charge in [-0.05, 0) is 61.0 Å². The van der Waals surface area contributed by atoms with Crippen molar-refractivity contribution in [1.29, 1.82) is 0 Å². The highest BCUT2D eigenvalue weighted by Gasteiger charge is 2.12. The van der Waals surface area contributed by atoms with Gasteiger partial charge in [-0.15, -0.1) is 0 Å². The molecule has 0 aliphatic heterocycles. The summed E-state index contributed by atoms with van der Waals surface area (Å²) in [7, 11) is 0. The van der Waals surface area contributed by atoms with E-state index in [0.29, 0.717) is 28.3 Å². The number of carbonyl (C=O) groups is 3. The first-order valence-electron chi connectivity index (χ1n) is 11.9. The number of benzene rings is 3. The summed E-state index contributed by atoms with van der Waals surface area (Å²) in [5.74, 6) is -0.120. The fraction of sp³-hybridized carbons (Fsp3) is 0.138. The minimum absolute atomic E-state index is 0.0135. The Bertz CT molecular complexity index is 1350. The molecule has 1 aromatic heterocycles. The average Bonchev–Trinajstić information content (AvgIpc) is 3.45. The maximum Gasteiger partial charge on any atom is 0.251 e. The molecule has 8 nitrogen and oxygen atoms in total. The van der Waals surface area contributed by atoms with Gasteiger partial charge in [0.2, 0.25) is 5.91 Å². The number of anilines is 2. The molecule has 188 valence electrons. The molecule has 1 unspecified atom stereocenters. The largest absolute Gasteiger partial charge is 0.467 e. The van der Waals surface area contributed by atoms with Gasteiger partial charge in [0.25, 0.3) is 11.8 Å². The Balaban J connectivity index is 1.28. The van der Waals surface area contributed by atoms with E-state index in [1.54, 1.807) is 66.9 Å². The molecular formula is C29H28N4O4. The number of amides is 3. The molecule has 1 heterocycles. The summed E-state index contributed by atoms with van der Waals surface area (Å²) in [6.07, 6.45) is 1.54. The van der Waals surface area contributed by atoms with Crippen molar-refractivity contribution in [2.24, 2.45) is 0 Å². The Kier molecular flexibility index (Phi) is 8.33. The number of carbonyl (C=O) groups excluding carboxylic acids is 3. The highest BCUT2D eigenvalue weighted by molar-refractivity contribution is 5.98. The van der Waals surface area contributed by atoms with Gasteiger partial charge in [-0.1, -0.05) is 42.5 Å². The van der Waals surface area contributed by atoms with E-state index in [1.165, 1.54) is 0 Å². The first-order valence-corrected chi connectivity index (χ1v) is 11.9. The molecule has 0 saturated carbocycles. The van der Waals surface area contributed by atoms with Crippen molar-refractivity contribution in [2.45, 2.75) is 19.5 Å². The third-order valence-corrected chi connectivity index (χ3v) is 5.64. The lowest BCUT2D eigenvalue weighted by atomic mass is 10.1. The Hall–Kier alpha value is -4.85. The van der Waals surface area contributed by atoms with Crippen molar-refractivity contribution in [1.82, 2.24) is 10.6 Å². The van der Waals surface area contributed by atoms with Crippen molar-refractivity contribution >= 4 is 29.1 Å². The molecule has 3 aromatic carbocycles. The second-order valence-corrected chi connectivity index (χ2v) is 8.43. The van der Waals surface area contributed by atoms with Crippen LogP contribution in [0, 0.1) is 0 Å². The van der Waals surface area contributed by atoms with Gasteiger partial charge in [-0.3, -0.25) is 14.4 Å². The summed E-state index contributed by atoms with van der Waals surface area (Å²) in [5, 5.41) is 11.6. The average molecular weight is 497 g/mol. The van der Waals surface area contributed by atoms with Crippen LogP contribution >= 0.6 is 0 Å². The van der Waals surface area contributed by atoms with Crippen molar-refractivity contribution in [3.8, 4) is 0 Å². The van der Waals surface area contributed by atoms with E-state index in [-0.39, 0.29) is 36.9 Å². The number of rotatable bonds is 10. The van der Waals surface area contributed by atoms with E-state index in [2.05, 4.69) is 21.3 Å². The van der Waals surface area contributed by atoms with Crippen LogP contribution < -0.4 is 21.3 Å². The first-order chi connectivity index (χ1) is 18.0. The molecule has 4 N–H and O–H groups in total. The van der Waals surface area contributed by atoms with Gasteiger partial charge in [0.15, 0.2) is 0 Å². The second-order valence-electron chi connectivity index (χ2n) is 8.43. The maximum absolute atomic E-state index is 12.7. The Morgan fingerprint density at radius 3 is 2.22 bits per heavy atom. The Morgan fingerprint density at radius 1 is 0.784 bits per heavy atom. The van der Waals surface area contributed by atoms with Crippen molar-refractivity contribution in [3.63, 3.8) is 0 Å². The minimum Gasteiger partial charge on any atom is -0.467 e. The van der Waals surface area contributed by atoms with E-state index in [0.717, 1.165) is 5.56 Å². The first kappa shape index (κ1) is 25.2. The number of hydrogen-bond donors (Lipinski definition) is 4. The molecule has 0 saturated heterocycles. The van der Waals surface area contributed by atoms with Crippen LogP contribution in [0.2, 0.25) is 0 Å². The van der Waals surface area contributed by atoms with E-state index in [9.17, 15) is 14.4 Å². The fourth-order valence-corrected chi connectivity index (χ4v) is 3.68. The van der Waals surface area contributed by atoms with Gasteiger partial charge >= 0.3 is 0 Å². The lowest BCUT2D eigenvalue weighted by molar-refractivity contribution is -0.114. The normalized spacial score (nSPS) is 11.3. The zero-order valence-corrected chi connectivity index (χ0v) is 20.4. The molecule has 37 heavy (non-hydrogen) atoms. The monoisotopic (exact) mass is 496 g/mol. The second kappa shape index (κ2) is 12.2. The van der Waals surface area contributed by atoms with Crippen LogP contribution in [0.5, 0.6) is 0 Å². The lowest BCUT2D eigenvalue weighted by Crippen LogP contribution is -2.27. The molecular weight excluding hydrogens is 468 g/mol. The smallest absolute Gasteiger partial charge is 0.251 e. The van der Waals surface area contributed by atoms with Crippen LogP contribution in [0.1, 0.15) is 45.0 Å². The maximum atomic E-state index is 12.7. The van der Waals surface area contributed by atoms with Crippen LogP contribution in [-0.2, 0) is 11.3 Å². The van der Waals surface area contributed by atoms with Crippen molar-refractivity contribution < 1.29 is 18.8 Å². The van der Waals surface area contributed by atoms with Crippen LogP contribution in [0.15, 0.2) is 102 Å². The van der Waals surface area contributed by atoms with Crippen LogP contribution in [-0.4, -0.2) is 24.3 Å². The van der Waals surface area contributed by atoms with Gasteiger partial charge in [-0.25, -0.2) is 0 Å². The predicted octanol–water partition coefficient (Wildman–Crippen LogP) is 4.75. The van der Waals surface area contributed by atoms with E-state index in [1.807, 2.05) is 37.3 Å². The molecule has 0 aliphatic carbocycles. The molecule has 0 fully saturated rings. The SMILES string of the molecule is CC(NC(=O)c1cccc(NCC(=O)Nc2cccc(C(=O)NCc3ccco3)c2)c1)c1ccccc1. The molecule has 0 aliphatic rings. The quantitative estimate of drug-likeness (QED) is 0.253. The summed E-state index contributed by atoms with van der Waals surface area (Å²) in [5.41, 5.74) is 3.06. The minimum atomic E-state index is -0.291. The zero-order chi connectivity index (χ0) is 26.0. The molecule has 0 bridgehead atoms. The molecule has 3 amide bonds. The Morgan fingerprint density at radius 2 is 1.49 bits per heavy atom. The molecule has 0 radical (unpaired) electrons. The van der Waals surface area contributed by atoms with Gasteiger partial charge < -0.3 is 25.7 Å². The highest BCUT2D eigenvalue weighted by Crippen LogP contribution is 2.15. The topological polar surface area (TPSA) is 112 Å². The number of furan rings is 1. The number of nitrogens with one attached hydrogen (secondary N) is 4. The molecule has 0 spiro atoms. The predicted molar refractivity (Wildman–Crippen MR) is 142 cm³/mol. The summed E-state index contributed by atoms with van der Waals surface area (Å²) in [4.78, 5) is 37.6.